The Labute approximate surface area is 63.8 Å². The summed E-state index contributed by atoms with van der Waals surface area (Å²) in [4.78, 5) is 0. The first-order valence-electron chi connectivity index (χ1n) is 3.30. The van der Waals surface area contributed by atoms with Gasteiger partial charge in [0.25, 0.3) is 0 Å². The molecule has 0 radical (unpaired) electrons. The molecule has 1 atom stereocenters. The van der Waals surface area contributed by atoms with E-state index in [1.807, 2.05) is 0 Å². The van der Waals surface area contributed by atoms with Crippen molar-refractivity contribution in [2.75, 3.05) is 6.54 Å². The van der Waals surface area contributed by atoms with Gasteiger partial charge in [-0.1, -0.05) is 19.8 Å². The Morgan fingerprint density at radius 3 is 2.60 bits per heavy atom. The van der Waals surface area contributed by atoms with Crippen LogP contribution in [0.4, 0.5) is 0 Å². The van der Waals surface area contributed by atoms with Crippen LogP contribution in [0, 0.1) is 0 Å². The fraction of sp³-hybridized carbons (Fsp3) is 1.00. The first kappa shape index (κ1) is 10.0. The summed E-state index contributed by atoms with van der Waals surface area (Å²) >= 11 is -2.25. The predicted octanol–water partition coefficient (Wildman–Crippen LogP) is 0.146. The second kappa shape index (κ2) is 5.79. The van der Waals surface area contributed by atoms with E-state index in [0.717, 1.165) is 23.7 Å². The molecule has 62 valence electrons. The largest absolute Gasteiger partial charge is 0.759 e. The van der Waals surface area contributed by atoms with Gasteiger partial charge in [0.15, 0.2) is 0 Å². The summed E-state index contributed by atoms with van der Waals surface area (Å²) in [5, 5.41) is 0. The normalized spacial score (nSPS) is 14.0. The topological polar surface area (TPSA) is 69.4 Å². The lowest BCUT2D eigenvalue weighted by atomic mass is 10.3. The summed E-state index contributed by atoms with van der Waals surface area (Å²) in [6, 6.07) is 0. The highest BCUT2D eigenvalue weighted by molar-refractivity contribution is 7.76. The molecule has 0 fully saturated rings. The molecule has 0 aromatic carbocycles. The summed E-state index contributed by atoms with van der Waals surface area (Å²) in [7, 11) is 0. The first-order chi connectivity index (χ1) is 4.68. The fourth-order valence-corrected chi connectivity index (χ4v) is 0.870. The minimum atomic E-state index is -2.25. The average molecular weight is 165 g/mol. The Morgan fingerprint density at radius 2 is 2.20 bits per heavy atom. The van der Waals surface area contributed by atoms with E-state index in [1.54, 1.807) is 0 Å². The first-order valence-corrected chi connectivity index (χ1v) is 4.33. The minimum Gasteiger partial charge on any atom is -0.759 e. The number of unbranched alkanes of at least 4 members (excludes halogenated alkanes) is 2. The second-order valence-corrected chi connectivity index (χ2v) is 2.97. The van der Waals surface area contributed by atoms with Crippen molar-refractivity contribution in [1.82, 2.24) is 4.41 Å². The highest BCUT2D eigenvalue weighted by Gasteiger charge is 1.95. The SMILES string of the molecule is CCCCCN(N)S(=O)[O-]. The quantitative estimate of drug-likeness (QED) is 0.273. The van der Waals surface area contributed by atoms with E-state index in [4.69, 9.17) is 5.84 Å². The average Bonchev–Trinajstić information content (AvgIpc) is 1.88. The van der Waals surface area contributed by atoms with Crippen LogP contribution in [0.3, 0.4) is 0 Å². The predicted molar refractivity (Wildman–Crippen MR) is 39.3 cm³/mol. The van der Waals surface area contributed by atoms with Crippen molar-refractivity contribution in [3.63, 3.8) is 0 Å². The fourth-order valence-electron chi connectivity index (χ4n) is 0.592. The summed E-state index contributed by atoms with van der Waals surface area (Å²) in [6.45, 7) is 2.47. The molecule has 0 aromatic heterocycles. The molecule has 0 aliphatic rings. The van der Waals surface area contributed by atoms with Gasteiger partial charge in [0.2, 0.25) is 0 Å². The van der Waals surface area contributed by atoms with E-state index in [-0.39, 0.29) is 0 Å². The number of hydrogen-bond donors (Lipinski definition) is 1. The maximum atomic E-state index is 10.1. The summed E-state index contributed by atoms with van der Waals surface area (Å²) in [6.07, 6.45) is 2.92. The summed E-state index contributed by atoms with van der Waals surface area (Å²) in [5.74, 6) is 5.08. The lowest BCUT2D eigenvalue weighted by molar-refractivity contribution is 0.389. The van der Waals surface area contributed by atoms with Gasteiger partial charge in [-0.2, -0.15) is 4.41 Å². The van der Waals surface area contributed by atoms with Crippen molar-refractivity contribution in [3.8, 4) is 0 Å². The Bertz CT molecular complexity index is 110. The molecule has 0 heterocycles. The van der Waals surface area contributed by atoms with Crippen LogP contribution < -0.4 is 5.84 Å². The van der Waals surface area contributed by atoms with Crippen LogP contribution >= 0.6 is 0 Å². The van der Waals surface area contributed by atoms with Gasteiger partial charge in [0.1, 0.15) is 0 Å². The van der Waals surface area contributed by atoms with Crippen LogP contribution in [0.15, 0.2) is 0 Å². The Balaban J connectivity index is 3.21. The third kappa shape index (κ3) is 4.87. The number of hydrazine groups is 1. The Morgan fingerprint density at radius 1 is 1.60 bits per heavy atom. The second-order valence-electron chi connectivity index (χ2n) is 2.06. The van der Waals surface area contributed by atoms with Gasteiger partial charge in [-0.15, -0.1) is 0 Å². The van der Waals surface area contributed by atoms with E-state index >= 15 is 0 Å². The molecule has 10 heavy (non-hydrogen) atoms. The molecule has 0 bridgehead atoms. The van der Waals surface area contributed by atoms with Crippen LogP contribution in [0.5, 0.6) is 0 Å². The molecule has 1 unspecified atom stereocenters. The molecular weight excluding hydrogens is 152 g/mol. The van der Waals surface area contributed by atoms with Gasteiger partial charge in [0.05, 0.1) is 0 Å². The van der Waals surface area contributed by atoms with Crippen LogP contribution in [0.1, 0.15) is 26.2 Å². The van der Waals surface area contributed by atoms with Gasteiger partial charge in [-0.3, -0.25) is 10.1 Å². The van der Waals surface area contributed by atoms with Gasteiger partial charge >= 0.3 is 0 Å². The number of rotatable bonds is 5. The van der Waals surface area contributed by atoms with Crippen LogP contribution in [0.2, 0.25) is 0 Å². The monoisotopic (exact) mass is 165 g/mol. The van der Waals surface area contributed by atoms with Gasteiger partial charge in [-0.05, 0) is 6.42 Å². The summed E-state index contributed by atoms with van der Waals surface area (Å²) < 4.78 is 21.0. The van der Waals surface area contributed by atoms with Gasteiger partial charge in [-0.25, -0.2) is 0 Å². The van der Waals surface area contributed by atoms with Gasteiger partial charge < -0.3 is 4.55 Å². The number of nitrogens with two attached hydrogens (primary N) is 1. The van der Waals surface area contributed by atoms with Crippen molar-refractivity contribution in [2.45, 2.75) is 26.2 Å². The zero-order chi connectivity index (χ0) is 7.98. The summed E-state index contributed by atoms with van der Waals surface area (Å²) in [5.41, 5.74) is 0. The third-order valence-corrected chi connectivity index (χ3v) is 1.74. The lowest BCUT2D eigenvalue weighted by Crippen LogP contribution is -2.33. The van der Waals surface area contributed by atoms with E-state index < -0.39 is 11.3 Å². The molecule has 4 nitrogen and oxygen atoms in total. The van der Waals surface area contributed by atoms with Crippen molar-refractivity contribution in [3.05, 3.63) is 0 Å². The van der Waals surface area contributed by atoms with Crippen LogP contribution in [-0.2, 0) is 11.3 Å². The van der Waals surface area contributed by atoms with Crippen LogP contribution in [-0.4, -0.2) is 19.7 Å². The molecule has 5 heteroatoms. The van der Waals surface area contributed by atoms with E-state index in [0.29, 0.717) is 6.54 Å². The van der Waals surface area contributed by atoms with E-state index in [9.17, 15) is 8.76 Å². The number of nitrogens with zero attached hydrogens (tertiary/aromatic N) is 1. The molecule has 0 spiro atoms. The zero-order valence-electron chi connectivity index (χ0n) is 6.08. The molecular formula is C5H13N2O2S-. The Kier molecular flexibility index (Phi) is 5.81. The van der Waals surface area contributed by atoms with Crippen molar-refractivity contribution >= 4 is 11.3 Å². The highest BCUT2D eigenvalue weighted by atomic mass is 32.2. The van der Waals surface area contributed by atoms with Crippen molar-refractivity contribution in [1.29, 1.82) is 0 Å². The molecule has 0 rings (SSSR count). The maximum Gasteiger partial charge on any atom is 0.0350 e. The third-order valence-electron chi connectivity index (χ3n) is 1.17. The van der Waals surface area contributed by atoms with Gasteiger partial charge in [0, 0.05) is 17.8 Å². The van der Waals surface area contributed by atoms with Crippen molar-refractivity contribution < 1.29 is 8.76 Å². The molecule has 0 aliphatic heterocycles. The molecule has 2 N–H and O–H groups in total. The molecule has 0 saturated heterocycles. The standard InChI is InChI=1S/C5H14N2O2S/c1-2-3-4-5-7(6)10(8)9/h2-6H2,1H3,(H,8,9)/p-1. The Hall–Kier alpha value is 0.0300. The molecule has 0 saturated carbocycles. The molecule has 0 amide bonds. The smallest absolute Gasteiger partial charge is 0.0350 e. The van der Waals surface area contributed by atoms with E-state index in [1.165, 1.54) is 0 Å². The maximum absolute atomic E-state index is 10.1. The lowest BCUT2D eigenvalue weighted by Gasteiger charge is -2.17. The highest BCUT2D eigenvalue weighted by Crippen LogP contribution is 1.95. The minimum absolute atomic E-state index is 0.421. The number of hydrogen-bond acceptors (Lipinski definition) is 3. The zero-order valence-corrected chi connectivity index (χ0v) is 6.89. The van der Waals surface area contributed by atoms with Crippen LogP contribution in [0.25, 0.3) is 0 Å². The van der Waals surface area contributed by atoms with E-state index in [2.05, 4.69) is 6.92 Å². The van der Waals surface area contributed by atoms with Crippen molar-refractivity contribution in [2.24, 2.45) is 5.84 Å². The molecule has 0 aromatic rings. The molecule has 0 aliphatic carbocycles.